The lowest BCUT2D eigenvalue weighted by Gasteiger charge is -2.31. The van der Waals surface area contributed by atoms with E-state index < -0.39 is 0 Å². The van der Waals surface area contributed by atoms with Crippen molar-refractivity contribution < 1.29 is 0 Å². The van der Waals surface area contributed by atoms with E-state index >= 15 is 0 Å². The smallest absolute Gasteiger partial charge is 0.191 e. The van der Waals surface area contributed by atoms with Crippen LogP contribution >= 0.6 is 11.3 Å². The van der Waals surface area contributed by atoms with Crippen LogP contribution in [0.25, 0.3) is 0 Å². The molecule has 2 heterocycles. The van der Waals surface area contributed by atoms with Gasteiger partial charge < -0.3 is 10.6 Å². The highest BCUT2D eigenvalue weighted by Crippen LogP contribution is 2.25. The van der Waals surface area contributed by atoms with Gasteiger partial charge in [-0.25, -0.2) is 0 Å². The van der Waals surface area contributed by atoms with Crippen LogP contribution in [-0.4, -0.2) is 42.6 Å². The van der Waals surface area contributed by atoms with Crippen molar-refractivity contribution in [2.24, 2.45) is 4.99 Å². The van der Waals surface area contributed by atoms with Gasteiger partial charge in [-0.15, -0.1) is 11.3 Å². The maximum Gasteiger partial charge on any atom is 0.191 e. The highest BCUT2D eigenvalue weighted by Gasteiger charge is 2.21. The van der Waals surface area contributed by atoms with E-state index in [0.717, 1.165) is 45.0 Å². The van der Waals surface area contributed by atoms with Crippen molar-refractivity contribution in [1.82, 2.24) is 15.5 Å². The second kappa shape index (κ2) is 7.97. The van der Waals surface area contributed by atoms with Crippen molar-refractivity contribution in [2.45, 2.75) is 51.7 Å². The summed E-state index contributed by atoms with van der Waals surface area (Å²) in [7, 11) is 0. The first-order chi connectivity index (χ1) is 11.3. The molecule has 2 N–H and O–H groups in total. The molecule has 1 aromatic rings. The number of hydrogen-bond donors (Lipinski definition) is 2. The van der Waals surface area contributed by atoms with Crippen molar-refractivity contribution in [3.63, 3.8) is 0 Å². The zero-order chi connectivity index (χ0) is 16.1. The lowest BCUT2D eigenvalue weighted by molar-refractivity contribution is 0.197. The lowest BCUT2D eigenvalue weighted by atomic mass is 10.1. The molecule has 1 atom stereocenters. The molecule has 4 nitrogen and oxygen atoms in total. The number of rotatable bonds is 5. The number of guanidine groups is 1. The zero-order valence-electron chi connectivity index (χ0n) is 14.2. The van der Waals surface area contributed by atoms with Gasteiger partial charge in [0, 0.05) is 36.6 Å². The van der Waals surface area contributed by atoms with E-state index in [9.17, 15) is 0 Å². The summed E-state index contributed by atoms with van der Waals surface area (Å²) in [6.07, 6.45) is 7.89. The summed E-state index contributed by atoms with van der Waals surface area (Å²) < 4.78 is 0. The molecule has 0 saturated heterocycles. The molecule has 5 heteroatoms. The predicted octanol–water partition coefficient (Wildman–Crippen LogP) is 2.77. The molecular formula is C18H28N4S. The van der Waals surface area contributed by atoms with Gasteiger partial charge in [-0.05, 0) is 50.1 Å². The van der Waals surface area contributed by atoms with Gasteiger partial charge in [-0.3, -0.25) is 9.89 Å². The Labute approximate surface area is 143 Å². The number of hydrogen-bond acceptors (Lipinski definition) is 3. The van der Waals surface area contributed by atoms with Crippen LogP contribution in [0.15, 0.2) is 28.6 Å². The molecule has 1 aliphatic carbocycles. The molecule has 0 fully saturated rings. The minimum absolute atomic E-state index is 0.472. The van der Waals surface area contributed by atoms with E-state index in [1.165, 1.54) is 12.0 Å². The summed E-state index contributed by atoms with van der Waals surface area (Å²) in [5, 5.41) is 9.14. The van der Waals surface area contributed by atoms with Gasteiger partial charge in [-0.1, -0.05) is 12.2 Å². The maximum absolute atomic E-state index is 4.82. The van der Waals surface area contributed by atoms with E-state index in [2.05, 4.69) is 53.0 Å². The van der Waals surface area contributed by atoms with Crippen molar-refractivity contribution in [3.05, 3.63) is 34.0 Å². The van der Waals surface area contributed by atoms with Gasteiger partial charge in [0.2, 0.25) is 0 Å². The summed E-state index contributed by atoms with van der Waals surface area (Å²) >= 11 is 1.90. The quantitative estimate of drug-likeness (QED) is 0.495. The predicted molar refractivity (Wildman–Crippen MR) is 99.2 cm³/mol. The van der Waals surface area contributed by atoms with Gasteiger partial charge in [0.15, 0.2) is 5.96 Å². The van der Waals surface area contributed by atoms with Crippen LogP contribution in [0.4, 0.5) is 0 Å². The largest absolute Gasteiger partial charge is 0.357 e. The van der Waals surface area contributed by atoms with Crippen LogP contribution in [0.1, 0.15) is 37.1 Å². The third-order valence-corrected chi connectivity index (χ3v) is 5.69. The molecule has 2 aliphatic rings. The Morgan fingerprint density at radius 2 is 2.26 bits per heavy atom. The van der Waals surface area contributed by atoms with Gasteiger partial charge >= 0.3 is 0 Å². The van der Waals surface area contributed by atoms with Crippen molar-refractivity contribution in [1.29, 1.82) is 0 Å². The molecule has 0 amide bonds. The van der Waals surface area contributed by atoms with Crippen LogP contribution in [0.5, 0.6) is 0 Å². The summed E-state index contributed by atoms with van der Waals surface area (Å²) in [5.74, 6) is 0.960. The third kappa shape index (κ3) is 4.36. The SMILES string of the molecule is CCNC(=NCC(C)N1CCc2sccc2C1)NC1CC=CC1. The highest BCUT2D eigenvalue weighted by atomic mass is 32.1. The first-order valence-corrected chi connectivity index (χ1v) is 9.63. The van der Waals surface area contributed by atoms with Crippen LogP contribution in [0.2, 0.25) is 0 Å². The average molecular weight is 333 g/mol. The number of nitrogens with zero attached hydrogens (tertiary/aromatic N) is 2. The van der Waals surface area contributed by atoms with E-state index in [-0.39, 0.29) is 0 Å². The fraction of sp³-hybridized carbons (Fsp3) is 0.611. The van der Waals surface area contributed by atoms with Crippen molar-refractivity contribution in [2.75, 3.05) is 19.6 Å². The standard InChI is InChI=1S/C18H28N4S/c1-3-19-18(21-16-6-4-5-7-16)20-12-14(2)22-10-8-17-15(13-22)9-11-23-17/h4-5,9,11,14,16H,3,6-8,10,12-13H2,1-2H3,(H2,19,20,21). The van der Waals surface area contributed by atoms with Gasteiger partial charge in [0.05, 0.1) is 6.54 Å². The van der Waals surface area contributed by atoms with E-state index in [0.29, 0.717) is 12.1 Å². The summed E-state index contributed by atoms with van der Waals surface area (Å²) in [6.45, 7) is 8.39. The molecule has 126 valence electrons. The Hall–Kier alpha value is -1.33. The Bertz CT molecular complexity index is 555. The van der Waals surface area contributed by atoms with Crippen LogP contribution in [0.3, 0.4) is 0 Å². The molecule has 1 aliphatic heterocycles. The second-order valence-corrected chi connectivity index (χ2v) is 7.44. The summed E-state index contributed by atoms with van der Waals surface area (Å²) in [6, 6.07) is 3.26. The number of aliphatic imine (C=N–C) groups is 1. The van der Waals surface area contributed by atoms with E-state index in [1.807, 2.05) is 11.3 Å². The van der Waals surface area contributed by atoms with E-state index in [4.69, 9.17) is 4.99 Å². The highest BCUT2D eigenvalue weighted by molar-refractivity contribution is 7.10. The molecule has 3 rings (SSSR count). The third-order valence-electron chi connectivity index (χ3n) is 4.67. The Morgan fingerprint density at radius 1 is 1.43 bits per heavy atom. The fourth-order valence-electron chi connectivity index (χ4n) is 3.23. The normalized spacial score (nSPS) is 20.5. The van der Waals surface area contributed by atoms with Crippen LogP contribution in [0, 0.1) is 0 Å². The topological polar surface area (TPSA) is 39.7 Å². The fourth-order valence-corrected chi connectivity index (χ4v) is 4.12. The first kappa shape index (κ1) is 16.5. The maximum atomic E-state index is 4.82. The molecule has 0 aromatic carbocycles. The lowest BCUT2D eigenvalue weighted by Crippen LogP contribution is -2.44. The molecule has 1 unspecified atom stereocenters. The van der Waals surface area contributed by atoms with E-state index in [1.54, 1.807) is 4.88 Å². The number of nitrogens with one attached hydrogen (secondary N) is 2. The van der Waals surface area contributed by atoms with Gasteiger partial charge in [-0.2, -0.15) is 0 Å². The second-order valence-electron chi connectivity index (χ2n) is 6.44. The zero-order valence-corrected chi connectivity index (χ0v) is 15.0. The minimum atomic E-state index is 0.472. The van der Waals surface area contributed by atoms with Gasteiger partial charge in [0.1, 0.15) is 0 Å². The molecular weight excluding hydrogens is 304 g/mol. The monoisotopic (exact) mass is 332 g/mol. The van der Waals surface area contributed by atoms with Crippen LogP contribution in [-0.2, 0) is 13.0 Å². The molecule has 1 aromatic heterocycles. The molecule has 0 spiro atoms. The Kier molecular flexibility index (Phi) is 5.73. The van der Waals surface area contributed by atoms with Gasteiger partial charge in [0.25, 0.3) is 0 Å². The van der Waals surface area contributed by atoms with Crippen molar-refractivity contribution in [3.8, 4) is 0 Å². The molecule has 0 bridgehead atoms. The van der Waals surface area contributed by atoms with Crippen molar-refractivity contribution >= 4 is 17.3 Å². The molecule has 0 saturated carbocycles. The molecule has 0 radical (unpaired) electrons. The van der Waals surface area contributed by atoms with Crippen LogP contribution < -0.4 is 10.6 Å². The average Bonchev–Trinajstić information content (AvgIpc) is 3.23. The first-order valence-electron chi connectivity index (χ1n) is 8.75. The number of thiophene rings is 1. The summed E-state index contributed by atoms with van der Waals surface area (Å²) in [4.78, 5) is 8.95. The Morgan fingerprint density at radius 3 is 3.04 bits per heavy atom. The number of fused-ring (bicyclic) bond motifs is 1. The summed E-state index contributed by atoms with van der Waals surface area (Å²) in [5.41, 5.74) is 1.51. The minimum Gasteiger partial charge on any atom is -0.357 e. The molecule has 23 heavy (non-hydrogen) atoms. The Balaban J connectivity index is 1.53.